The van der Waals surface area contributed by atoms with E-state index in [4.69, 9.17) is 4.98 Å². The number of hydrogen-bond acceptors (Lipinski definition) is 5. The summed E-state index contributed by atoms with van der Waals surface area (Å²) in [6.45, 7) is 4.03. The maximum atomic E-state index is 12.6. The van der Waals surface area contributed by atoms with Gasteiger partial charge in [-0.2, -0.15) is 5.10 Å². The second-order valence-electron chi connectivity index (χ2n) is 7.15. The lowest BCUT2D eigenvalue weighted by atomic mass is 10.0. The lowest BCUT2D eigenvalue weighted by Gasteiger charge is -2.36. The van der Waals surface area contributed by atoms with Crippen LogP contribution in [0.3, 0.4) is 0 Å². The summed E-state index contributed by atoms with van der Waals surface area (Å²) in [5, 5.41) is 5.21. The van der Waals surface area contributed by atoms with Crippen molar-refractivity contribution in [1.82, 2.24) is 19.7 Å². The Kier molecular flexibility index (Phi) is 4.86. The van der Waals surface area contributed by atoms with E-state index in [1.807, 2.05) is 19.0 Å². The number of anilines is 1. The minimum Gasteiger partial charge on any atom is -0.348 e. The monoisotopic (exact) mass is 383 g/mol. The van der Waals surface area contributed by atoms with Crippen molar-refractivity contribution in [1.29, 1.82) is 0 Å². The summed E-state index contributed by atoms with van der Waals surface area (Å²) < 4.78 is 2.93. The minimum absolute atomic E-state index is 0.0501. The molecule has 0 unspecified atom stereocenters. The number of carbonyl (C=O) groups excluding carboxylic acids is 1. The van der Waals surface area contributed by atoms with Gasteiger partial charge in [-0.25, -0.2) is 4.98 Å². The first kappa shape index (κ1) is 18.0. The summed E-state index contributed by atoms with van der Waals surface area (Å²) in [7, 11) is 3.73. The molecule has 7 heteroatoms. The third kappa shape index (κ3) is 3.43. The first-order valence-electron chi connectivity index (χ1n) is 9.46. The summed E-state index contributed by atoms with van der Waals surface area (Å²) in [5.74, 6) is 0.0501. The van der Waals surface area contributed by atoms with Crippen LogP contribution in [0.25, 0.3) is 10.2 Å². The fourth-order valence-electron chi connectivity index (χ4n) is 3.76. The zero-order chi connectivity index (χ0) is 19.0. The molecule has 4 rings (SSSR count). The Bertz CT molecular complexity index is 954. The number of amides is 1. The highest BCUT2D eigenvalue weighted by Crippen LogP contribution is 2.33. The molecule has 6 nitrogen and oxygen atoms in total. The molecule has 1 saturated heterocycles. The van der Waals surface area contributed by atoms with Gasteiger partial charge in [0.1, 0.15) is 0 Å². The Balaban J connectivity index is 1.43. The molecule has 3 aromatic rings. The van der Waals surface area contributed by atoms with E-state index in [0.29, 0.717) is 5.56 Å². The number of rotatable bonds is 4. The van der Waals surface area contributed by atoms with Crippen molar-refractivity contribution in [3.05, 3.63) is 41.7 Å². The fraction of sp³-hybridized carbons (Fsp3) is 0.450. The number of carbonyl (C=O) groups is 1. The Labute approximate surface area is 163 Å². The van der Waals surface area contributed by atoms with Gasteiger partial charge in [0.2, 0.25) is 0 Å². The smallest absolute Gasteiger partial charge is 0.257 e. The van der Waals surface area contributed by atoms with Crippen molar-refractivity contribution >= 4 is 32.6 Å². The molecule has 1 fully saturated rings. The summed E-state index contributed by atoms with van der Waals surface area (Å²) in [5.41, 5.74) is 3.11. The molecule has 142 valence electrons. The van der Waals surface area contributed by atoms with E-state index in [1.54, 1.807) is 28.4 Å². The highest BCUT2D eigenvalue weighted by molar-refractivity contribution is 7.22. The molecule has 0 atom stereocenters. The molecule has 1 aliphatic rings. The van der Waals surface area contributed by atoms with Crippen LogP contribution in [-0.2, 0) is 13.5 Å². The normalized spacial score (nSPS) is 15.4. The van der Waals surface area contributed by atoms with Crippen molar-refractivity contribution in [3.8, 4) is 0 Å². The molecule has 0 aliphatic carbocycles. The number of benzene rings is 1. The lowest BCUT2D eigenvalue weighted by Crippen LogP contribution is -2.45. The van der Waals surface area contributed by atoms with E-state index in [9.17, 15) is 4.79 Å². The summed E-state index contributed by atoms with van der Waals surface area (Å²) in [4.78, 5) is 21.8. The Hall–Kier alpha value is -2.41. The average Bonchev–Trinajstić information content (AvgIpc) is 3.33. The van der Waals surface area contributed by atoms with Gasteiger partial charge in [-0.1, -0.05) is 30.4 Å². The van der Waals surface area contributed by atoms with Crippen LogP contribution in [0.5, 0.6) is 0 Å². The van der Waals surface area contributed by atoms with Gasteiger partial charge in [-0.3, -0.25) is 9.48 Å². The van der Waals surface area contributed by atoms with E-state index in [-0.39, 0.29) is 11.9 Å². The van der Waals surface area contributed by atoms with Gasteiger partial charge >= 0.3 is 0 Å². The van der Waals surface area contributed by atoms with Gasteiger partial charge in [0, 0.05) is 39.4 Å². The summed E-state index contributed by atoms with van der Waals surface area (Å²) in [6, 6.07) is 6.70. The first-order chi connectivity index (χ1) is 13.1. The maximum absolute atomic E-state index is 12.6. The Morgan fingerprint density at radius 3 is 2.78 bits per heavy atom. The van der Waals surface area contributed by atoms with Crippen molar-refractivity contribution in [2.45, 2.75) is 32.2 Å². The van der Waals surface area contributed by atoms with Gasteiger partial charge < -0.3 is 9.80 Å². The zero-order valence-corrected chi connectivity index (χ0v) is 16.9. The third-order valence-electron chi connectivity index (χ3n) is 5.43. The number of aryl methyl sites for hydroxylation is 2. The van der Waals surface area contributed by atoms with E-state index in [0.717, 1.165) is 43.0 Å². The SMILES string of the molecule is CCc1cccc2sc(N3CCC(N(C)C(=O)c4cnn(C)c4)CC3)nc12. The van der Waals surface area contributed by atoms with E-state index < -0.39 is 0 Å². The number of piperidine rings is 1. The lowest BCUT2D eigenvalue weighted by molar-refractivity contribution is 0.0709. The van der Waals surface area contributed by atoms with Gasteiger partial charge in [0.05, 0.1) is 22.0 Å². The maximum Gasteiger partial charge on any atom is 0.257 e. The molecule has 2 aromatic heterocycles. The second-order valence-corrected chi connectivity index (χ2v) is 8.16. The van der Waals surface area contributed by atoms with Crippen LogP contribution in [-0.4, -0.2) is 51.8 Å². The topological polar surface area (TPSA) is 54.3 Å². The summed E-state index contributed by atoms with van der Waals surface area (Å²) in [6.07, 6.45) is 6.34. The van der Waals surface area contributed by atoms with Crippen LogP contribution in [0, 0.1) is 0 Å². The predicted molar refractivity (Wildman–Crippen MR) is 110 cm³/mol. The van der Waals surface area contributed by atoms with Gasteiger partial charge in [0.25, 0.3) is 5.91 Å². The Morgan fingerprint density at radius 2 is 2.11 bits per heavy atom. The first-order valence-corrected chi connectivity index (χ1v) is 10.3. The molecular weight excluding hydrogens is 358 g/mol. The van der Waals surface area contributed by atoms with E-state index in [2.05, 4.69) is 35.1 Å². The summed E-state index contributed by atoms with van der Waals surface area (Å²) >= 11 is 1.77. The molecule has 1 aliphatic heterocycles. The molecule has 0 radical (unpaired) electrons. The predicted octanol–water partition coefficient (Wildman–Crippen LogP) is 3.33. The quantitative estimate of drug-likeness (QED) is 0.693. The minimum atomic E-state index is 0.0501. The molecule has 1 aromatic carbocycles. The molecule has 0 bridgehead atoms. The van der Waals surface area contributed by atoms with Crippen LogP contribution >= 0.6 is 11.3 Å². The number of nitrogens with zero attached hydrogens (tertiary/aromatic N) is 5. The Morgan fingerprint density at radius 1 is 1.33 bits per heavy atom. The number of aromatic nitrogens is 3. The molecule has 0 N–H and O–H groups in total. The number of para-hydroxylation sites is 1. The van der Waals surface area contributed by atoms with E-state index >= 15 is 0 Å². The molecule has 0 saturated carbocycles. The zero-order valence-electron chi connectivity index (χ0n) is 16.1. The second kappa shape index (κ2) is 7.31. The van der Waals surface area contributed by atoms with Gasteiger partial charge in [-0.05, 0) is 30.9 Å². The van der Waals surface area contributed by atoms with Crippen molar-refractivity contribution in [2.24, 2.45) is 7.05 Å². The van der Waals surface area contributed by atoms with Crippen LogP contribution in [0.15, 0.2) is 30.6 Å². The number of fused-ring (bicyclic) bond motifs is 1. The highest BCUT2D eigenvalue weighted by atomic mass is 32.1. The molecular formula is C20H25N5OS. The standard InChI is InChI=1S/C20H25N5OS/c1-4-14-6-5-7-17-18(14)22-20(27-17)25-10-8-16(9-11-25)24(3)19(26)15-12-21-23(2)13-15/h5-7,12-13,16H,4,8-11H2,1-3H3. The van der Waals surface area contributed by atoms with Crippen molar-refractivity contribution in [3.63, 3.8) is 0 Å². The average molecular weight is 384 g/mol. The highest BCUT2D eigenvalue weighted by Gasteiger charge is 2.27. The number of hydrogen-bond donors (Lipinski definition) is 0. The number of thiazole rings is 1. The van der Waals surface area contributed by atoms with E-state index in [1.165, 1.54) is 10.3 Å². The van der Waals surface area contributed by atoms with Crippen molar-refractivity contribution in [2.75, 3.05) is 25.0 Å². The molecule has 0 spiro atoms. The van der Waals surface area contributed by atoms with Gasteiger partial charge in [0.15, 0.2) is 5.13 Å². The van der Waals surface area contributed by atoms with Crippen LogP contribution in [0.2, 0.25) is 0 Å². The molecule has 1 amide bonds. The van der Waals surface area contributed by atoms with Crippen LogP contribution in [0.1, 0.15) is 35.7 Å². The molecule has 3 heterocycles. The van der Waals surface area contributed by atoms with Crippen molar-refractivity contribution < 1.29 is 4.79 Å². The van der Waals surface area contributed by atoms with Crippen LogP contribution < -0.4 is 4.90 Å². The largest absolute Gasteiger partial charge is 0.348 e. The molecule has 27 heavy (non-hydrogen) atoms. The third-order valence-corrected chi connectivity index (χ3v) is 6.51. The van der Waals surface area contributed by atoms with Gasteiger partial charge in [-0.15, -0.1) is 0 Å². The van der Waals surface area contributed by atoms with Crippen LogP contribution in [0.4, 0.5) is 5.13 Å². The fourth-order valence-corrected chi connectivity index (χ4v) is 4.83.